The Morgan fingerprint density at radius 2 is 1.83 bits per heavy atom. The second-order valence-corrected chi connectivity index (χ2v) is 7.71. The van der Waals surface area contributed by atoms with Crippen LogP contribution in [-0.2, 0) is 11.2 Å². The first-order valence-electron chi connectivity index (χ1n) is 10.5. The second-order valence-electron chi connectivity index (χ2n) is 7.71. The summed E-state index contributed by atoms with van der Waals surface area (Å²) in [4.78, 5) is 20.8. The SMILES string of the molecule is CN=C(NCCc1cc(F)ccc1F)NCCN1CCN(C(=O)C2CCC2)CC1.I. The van der Waals surface area contributed by atoms with Crippen LogP contribution in [0.15, 0.2) is 23.2 Å². The number of carbonyl (C=O) groups excluding carboxylic acids is 1. The molecular formula is C21H32F2IN5O. The van der Waals surface area contributed by atoms with E-state index in [2.05, 4.69) is 20.5 Å². The van der Waals surface area contributed by atoms with Crippen molar-refractivity contribution >= 4 is 35.8 Å². The van der Waals surface area contributed by atoms with Gasteiger partial charge in [0, 0.05) is 58.8 Å². The van der Waals surface area contributed by atoms with Crippen molar-refractivity contribution in [3.8, 4) is 0 Å². The number of halogens is 3. The van der Waals surface area contributed by atoms with Crippen LogP contribution in [0.2, 0.25) is 0 Å². The summed E-state index contributed by atoms with van der Waals surface area (Å²) in [7, 11) is 1.68. The Morgan fingerprint density at radius 1 is 1.13 bits per heavy atom. The van der Waals surface area contributed by atoms with Crippen LogP contribution in [0.5, 0.6) is 0 Å². The van der Waals surface area contributed by atoms with Crippen molar-refractivity contribution < 1.29 is 13.6 Å². The van der Waals surface area contributed by atoms with Gasteiger partial charge in [-0.15, -0.1) is 24.0 Å². The summed E-state index contributed by atoms with van der Waals surface area (Å²) in [6.45, 7) is 5.45. The Labute approximate surface area is 194 Å². The molecule has 1 aromatic carbocycles. The molecular weight excluding hydrogens is 503 g/mol. The van der Waals surface area contributed by atoms with Crippen molar-refractivity contribution in [2.24, 2.45) is 10.9 Å². The molecule has 1 heterocycles. The molecule has 30 heavy (non-hydrogen) atoms. The average Bonchev–Trinajstić information content (AvgIpc) is 2.68. The molecule has 1 saturated carbocycles. The third kappa shape index (κ3) is 7.04. The third-order valence-corrected chi connectivity index (χ3v) is 5.78. The van der Waals surface area contributed by atoms with Crippen molar-refractivity contribution in [3.05, 3.63) is 35.4 Å². The van der Waals surface area contributed by atoms with Crippen molar-refractivity contribution in [2.75, 3.05) is 52.9 Å². The van der Waals surface area contributed by atoms with Gasteiger partial charge in [0.2, 0.25) is 5.91 Å². The van der Waals surface area contributed by atoms with Crippen LogP contribution in [0.1, 0.15) is 24.8 Å². The highest BCUT2D eigenvalue weighted by atomic mass is 127. The molecule has 0 radical (unpaired) electrons. The van der Waals surface area contributed by atoms with Crippen LogP contribution in [0.4, 0.5) is 8.78 Å². The second kappa shape index (κ2) is 12.4. The highest BCUT2D eigenvalue weighted by Crippen LogP contribution is 2.28. The zero-order valence-electron chi connectivity index (χ0n) is 17.5. The van der Waals surface area contributed by atoms with E-state index in [0.717, 1.165) is 64.2 Å². The van der Waals surface area contributed by atoms with Gasteiger partial charge in [-0.25, -0.2) is 8.78 Å². The zero-order chi connectivity index (χ0) is 20.6. The lowest BCUT2D eigenvalue weighted by molar-refractivity contribution is -0.139. The van der Waals surface area contributed by atoms with Crippen LogP contribution >= 0.6 is 24.0 Å². The Morgan fingerprint density at radius 3 is 2.47 bits per heavy atom. The molecule has 1 aliphatic carbocycles. The van der Waals surface area contributed by atoms with E-state index in [1.165, 1.54) is 12.5 Å². The molecule has 0 spiro atoms. The largest absolute Gasteiger partial charge is 0.356 e. The average molecular weight is 535 g/mol. The standard InChI is InChI=1S/C21H31F2N5O.HI/c1-24-21(25-8-7-17-15-18(22)5-6-19(17)23)26-9-10-27-11-13-28(14-12-27)20(29)16-3-2-4-16;/h5-6,15-16H,2-4,7-14H2,1H3,(H2,24,25,26);1H. The van der Waals surface area contributed by atoms with Crippen molar-refractivity contribution in [1.29, 1.82) is 0 Å². The summed E-state index contributed by atoms with van der Waals surface area (Å²) in [6.07, 6.45) is 3.68. The third-order valence-electron chi connectivity index (χ3n) is 5.78. The lowest BCUT2D eigenvalue weighted by Gasteiger charge is -2.38. The Bertz CT molecular complexity index is 721. The predicted molar refractivity (Wildman–Crippen MR) is 125 cm³/mol. The van der Waals surface area contributed by atoms with Crippen LogP contribution in [0, 0.1) is 17.6 Å². The predicted octanol–water partition coefficient (Wildman–Crippen LogP) is 2.23. The van der Waals surface area contributed by atoms with E-state index in [1.807, 2.05) is 4.90 Å². The number of rotatable bonds is 7. The van der Waals surface area contributed by atoms with Gasteiger partial charge >= 0.3 is 0 Å². The molecule has 0 unspecified atom stereocenters. The number of hydrogen-bond acceptors (Lipinski definition) is 3. The number of nitrogens with one attached hydrogen (secondary N) is 2. The first-order valence-corrected chi connectivity index (χ1v) is 10.5. The first kappa shape index (κ1) is 24.8. The molecule has 1 amide bonds. The number of benzene rings is 1. The van der Waals surface area contributed by atoms with E-state index in [4.69, 9.17) is 0 Å². The molecule has 168 valence electrons. The highest BCUT2D eigenvalue weighted by molar-refractivity contribution is 14.0. The van der Waals surface area contributed by atoms with E-state index in [0.29, 0.717) is 30.4 Å². The zero-order valence-corrected chi connectivity index (χ0v) is 19.8. The van der Waals surface area contributed by atoms with Gasteiger partial charge in [-0.1, -0.05) is 6.42 Å². The Kier molecular flexibility index (Phi) is 10.2. The van der Waals surface area contributed by atoms with E-state index in [1.54, 1.807) is 7.05 Å². The van der Waals surface area contributed by atoms with Crippen LogP contribution in [0.3, 0.4) is 0 Å². The number of piperazine rings is 1. The van der Waals surface area contributed by atoms with E-state index in [-0.39, 0.29) is 29.9 Å². The number of aliphatic imine (C=N–C) groups is 1. The maximum atomic E-state index is 13.7. The van der Waals surface area contributed by atoms with Crippen LogP contribution < -0.4 is 10.6 Å². The first-order chi connectivity index (χ1) is 14.1. The summed E-state index contributed by atoms with van der Waals surface area (Å²) in [5, 5.41) is 6.38. The maximum absolute atomic E-state index is 13.7. The van der Waals surface area contributed by atoms with E-state index in [9.17, 15) is 13.6 Å². The molecule has 0 aromatic heterocycles. The minimum Gasteiger partial charge on any atom is -0.356 e. The van der Waals surface area contributed by atoms with Gasteiger partial charge in [0.25, 0.3) is 0 Å². The molecule has 2 fully saturated rings. The molecule has 1 aliphatic heterocycles. The topological polar surface area (TPSA) is 60.0 Å². The summed E-state index contributed by atoms with van der Waals surface area (Å²) >= 11 is 0. The lowest BCUT2D eigenvalue weighted by Crippen LogP contribution is -2.52. The molecule has 2 aliphatic rings. The number of nitrogens with zero attached hydrogens (tertiary/aromatic N) is 3. The molecule has 2 N–H and O–H groups in total. The highest BCUT2D eigenvalue weighted by Gasteiger charge is 2.30. The fraction of sp³-hybridized carbons (Fsp3) is 0.619. The number of guanidine groups is 1. The molecule has 9 heteroatoms. The molecule has 1 aromatic rings. The summed E-state index contributed by atoms with van der Waals surface area (Å²) in [6, 6.07) is 3.50. The van der Waals surface area contributed by atoms with Gasteiger partial charge in [0.05, 0.1) is 0 Å². The lowest BCUT2D eigenvalue weighted by atomic mass is 9.84. The molecule has 6 nitrogen and oxygen atoms in total. The van der Waals surface area contributed by atoms with Crippen molar-refractivity contribution in [1.82, 2.24) is 20.4 Å². The number of carbonyl (C=O) groups is 1. The van der Waals surface area contributed by atoms with Gasteiger partial charge in [0.15, 0.2) is 5.96 Å². The summed E-state index contributed by atoms with van der Waals surface area (Å²) in [5.74, 6) is 0.428. The number of hydrogen-bond donors (Lipinski definition) is 2. The van der Waals surface area contributed by atoms with Crippen LogP contribution in [0.25, 0.3) is 0 Å². The van der Waals surface area contributed by atoms with Gasteiger partial charge in [-0.05, 0) is 43.0 Å². The molecule has 3 rings (SSSR count). The molecule has 1 saturated heterocycles. The van der Waals surface area contributed by atoms with Crippen molar-refractivity contribution in [2.45, 2.75) is 25.7 Å². The monoisotopic (exact) mass is 535 g/mol. The quantitative estimate of drug-likeness (QED) is 0.320. The van der Waals surface area contributed by atoms with Gasteiger partial charge < -0.3 is 15.5 Å². The minimum absolute atomic E-state index is 0. The molecule has 0 bridgehead atoms. The summed E-state index contributed by atoms with van der Waals surface area (Å²) < 4.78 is 26.9. The number of amides is 1. The van der Waals surface area contributed by atoms with Crippen LogP contribution in [-0.4, -0.2) is 74.5 Å². The normalized spacial score (nSPS) is 17.8. The fourth-order valence-corrected chi connectivity index (χ4v) is 3.71. The summed E-state index contributed by atoms with van der Waals surface area (Å²) in [5.41, 5.74) is 0.349. The van der Waals surface area contributed by atoms with E-state index < -0.39 is 11.6 Å². The van der Waals surface area contributed by atoms with E-state index >= 15 is 0 Å². The fourth-order valence-electron chi connectivity index (χ4n) is 3.71. The van der Waals surface area contributed by atoms with Crippen molar-refractivity contribution in [3.63, 3.8) is 0 Å². The van der Waals surface area contributed by atoms with Gasteiger partial charge in [0.1, 0.15) is 11.6 Å². The Hall–Kier alpha value is -1.49. The Balaban J connectivity index is 0.00000320. The van der Waals surface area contributed by atoms with Gasteiger partial charge in [-0.3, -0.25) is 14.7 Å². The smallest absolute Gasteiger partial charge is 0.225 e. The molecule has 0 atom stereocenters. The maximum Gasteiger partial charge on any atom is 0.225 e. The minimum atomic E-state index is -0.432. The van der Waals surface area contributed by atoms with Gasteiger partial charge in [-0.2, -0.15) is 0 Å².